The first-order valence-corrected chi connectivity index (χ1v) is 19.7. The Hall–Kier alpha value is -6.35. The van der Waals surface area contributed by atoms with Gasteiger partial charge in [-0.3, -0.25) is 19.6 Å². The van der Waals surface area contributed by atoms with E-state index in [1.54, 1.807) is 24.4 Å². The molecule has 0 unspecified atom stereocenters. The van der Waals surface area contributed by atoms with Gasteiger partial charge in [0.25, 0.3) is 0 Å². The molecular formula is C46H55F3N6O6. The number of halogens is 3. The highest BCUT2D eigenvalue weighted by atomic mass is 19.1. The molecule has 2 aliphatic rings. The van der Waals surface area contributed by atoms with Crippen LogP contribution in [0.1, 0.15) is 66.7 Å². The lowest BCUT2D eigenvalue weighted by atomic mass is 9.92. The van der Waals surface area contributed by atoms with Crippen molar-refractivity contribution in [3.05, 3.63) is 115 Å². The fraction of sp³-hybridized carbons (Fsp3) is 0.348. The maximum Gasteiger partial charge on any atom is 0.240 e. The summed E-state index contributed by atoms with van der Waals surface area (Å²) in [5.41, 5.74) is 10.9. The Morgan fingerprint density at radius 2 is 1.61 bits per heavy atom. The Labute approximate surface area is 354 Å². The van der Waals surface area contributed by atoms with E-state index in [1.165, 1.54) is 49.7 Å². The summed E-state index contributed by atoms with van der Waals surface area (Å²) in [7, 11) is 1.52. The summed E-state index contributed by atoms with van der Waals surface area (Å²) in [6.07, 6.45) is 8.69. The fourth-order valence-electron chi connectivity index (χ4n) is 5.45. The topological polar surface area (TPSA) is 172 Å². The normalized spacial score (nSPS) is 14.6. The Kier molecular flexibility index (Phi) is 16.1. The lowest BCUT2D eigenvalue weighted by Crippen LogP contribution is -2.35. The number of rotatable bonds is 16. The molecule has 2 fully saturated rings. The lowest BCUT2D eigenvalue weighted by Gasteiger charge is -2.22. The van der Waals surface area contributed by atoms with Gasteiger partial charge in [0.2, 0.25) is 11.8 Å². The quantitative estimate of drug-likeness (QED) is 0.0282. The minimum atomic E-state index is -1.31. The molecule has 6 N–H and O–H groups in total. The zero-order valence-electron chi connectivity index (χ0n) is 35.5. The lowest BCUT2D eigenvalue weighted by molar-refractivity contribution is -0.131. The van der Waals surface area contributed by atoms with Crippen molar-refractivity contribution in [3.63, 3.8) is 0 Å². The van der Waals surface area contributed by atoms with E-state index in [0.29, 0.717) is 60.0 Å². The van der Waals surface area contributed by atoms with E-state index < -0.39 is 34.8 Å². The number of nitrogens with zero attached hydrogens (tertiary/aromatic N) is 2. The molecule has 12 nitrogen and oxygen atoms in total. The van der Waals surface area contributed by atoms with Gasteiger partial charge in [0.1, 0.15) is 29.3 Å². The second-order valence-electron chi connectivity index (χ2n) is 15.6. The number of fused-ring (bicyclic) bond motifs is 1. The Morgan fingerprint density at radius 3 is 2.16 bits per heavy atom. The molecule has 15 heteroatoms. The molecule has 326 valence electrons. The van der Waals surface area contributed by atoms with E-state index in [0.717, 1.165) is 31.0 Å². The molecular weight excluding hydrogens is 790 g/mol. The van der Waals surface area contributed by atoms with Gasteiger partial charge in [-0.15, -0.1) is 0 Å². The third-order valence-electron chi connectivity index (χ3n) is 9.81. The molecule has 2 aliphatic carbocycles. The molecule has 0 spiro atoms. The summed E-state index contributed by atoms with van der Waals surface area (Å²) in [6.45, 7) is 17.9. The van der Waals surface area contributed by atoms with Gasteiger partial charge in [-0.05, 0) is 100 Å². The van der Waals surface area contributed by atoms with Crippen molar-refractivity contribution >= 4 is 40.3 Å². The van der Waals surface area contributed by atoms with Crippen LogP contribution in [0.15, 0.2) is 108 Å². The van der Waals surface area contributed by atoms with Crippen LogP contribution in [0, 0.1) is 22.5 Å². The van der Waals surface area contributed by atoms with Crippen LogP contribution in [0.3, 0.4) is 0 Å². The number of hydrogen-bond donors (Lipinski definition) is 4. The predicted molar refractivity (Wildman–Crippen MR) is 233 cm³/mol. The first-order chi connectivity index (χ1) is 28.8. The third kappa shape index (κ3) is 14.1. The molecule has 0 saturated heterocycles. The third-order valence-corrected chi connectivity index (χ3v) is 9.81. The molecule has 0 aliphatic heterocycles. The number of aliphatic imine (C=N–C) groups is 1. The average molecular weight is 845 g/mol. The van der Waals surface area contributed by atoms with Crippen molar-refractivity contribution in [2.45, 2.75) is 72.3 Å². The smallest absolute Gasteiger partial charge is 0.240 e. The molecule has 61 heavy (non-hydrogen) atoms. The van der Waals surface area contributed by atoms with Crippen LogP contribution in [-0.4, -0.2) is 48.9 Å². The van der Waals surface area contributed by atoms with Gasteiger partial charge in [0.15, 0.2) is 29.0 Å². The second kappa shape index (κ2) is 20.8. The number of carbonyl (C=O) groups is 2. The number of amides is 2. The zero-order valence-corrected chi connectivity index (χ0v) is 35.5. The number of hydrogen-bond acceptors (Lipinski definition) is 10. The standard InChI is InChI=1S/C31H28F2N4O5.C13H23NO.C2H4FN/c1-40-26-15-21-23(16-27(26)41-17-30(34)8-9-30)35-12-7-24(21)42-25-6-5-20(14-22(25)33)37-29(39)31(10-11-31)28(38)36-19-4-2-3-18(32)13-19;1-7-13(5,6)10-15-12(4)9-11(3)14-8-2;1-2(3)4/h2-7,12-16H,8-11,17,34H2,1H3,(H,36,38)(H,37,39);8-9H,4,7,10H2,1-3,5-6H3;1,4H2/b;11-9+,14-8?;. The summed E-state index contributed by atoms with van der Waals surface area (Å²) < 4.78 is 62.1. The SMILES string of the molecule is C=C(/C=C(\C)N=CC)OCC(C)(C)CC.C=C(N)F.COc1cc2c(Oc3ccc(NC(=O)C4(C(=O)Nc5cccc(F)c5)CC4)cc3F)ccnc2cc1OCC1(N)CC1. The van der Waals surface area contributed by atoms with Crippen LogP contribution in [-0.2, 0) is 14.3 Å². The van der Waals surface area contributed by atoms with Crippen LogP contribution in [0.5, 0.6) is 23.0 Å². The predicted octanol–water partition coefficient (Wildman–Crippen LogP) is 9.87. The van der Waals surface area contributed by atoms with Crippen LogP contribution < -0.4 is 36.3 Å². The summed E-state index contributed by atoms with van der Waals surface area (Å²) in [6, 6.07) is 14.4. The number of methoxy groups -OCH3 is 1. The van der Waals surface area contributed by atoms with E-state index >= 15 is 4.39 Å². The van der Waals surface area contributed by atoms with Crippen LogP contribution >= 0.6 is 0 Å². The van der Waals surface area contributed by atoms with E-state index in [2.05, 4.69) is 60.3 Å². The zero-order chi connectivity index (χ0) is 45.0. The Balaban J connectivity index is 0.000000362. The molecule has 3 aromatic carbocycles. The first-order valence-electron chi connectivity index (χ1n) is 19.7. The monoisotopic (exact) mass is 844 g/mol. The van der Waals surface area contributed by atoms with Gasteiger partial charge >= 0.3 is 0 Å². The molecule has 6 rings (SSSR count). The van der Waals surface area contributed by atoms with Gasteiger partial charge in [-0.2, -0.15) is 4.39 Å². The molecule has 1 heterocycles. The maximum atomic E-state index is 15.1. The summed E-state index contributed by atoms with van der Waals surface area (Å²) in [4.78, 5) is 34.3. The highest BCUT2D eigenvalue weighted by Gasteiger charge is 2.56. The largest absolute Gasteiger partial charge is 0.494 e. The highest BCUT2D eigenvalue weighted by Crippen LogP contribution is 2.48. The van der Waals surface area contributed by atoms with Crippen molar-refractivity contribution in [1.29, 1.82) is 0 Å². The molecule has 0 radical (unpaired) electrons. The van der Waals surface area contributed by atoms with Gasteiger partial charge in [-0.25, -0.2) is 8.78 Å². The number of benzene rings is 3. The van der Waals surface area contributed by atoms with Crippen molar-refractivity contribution in [2.24, 2.45) is 27.3 Å². The highest BCUT2D eigenvalue weighted by molar-refractivity contribution is 6.16. The minimum absolute atomic E-state index is 0.0800. The summed E-state index contributed by atoms with van der Waals surface area (Å²) >= 11 is 0. The Bertz CT molecular complexity index is 2280. The van der Waals surface area contributed by atoms with Gasteiger partial charge < -0.3 is 41.0 Å². The second-order valence-corrected chi connectivity index (χ2v) is 15.6. The number of ether oxygens (including phenoxy) is 4. The van der Waals surface area contributed by atoms with Crippen molar-refractivity contribution in [2.75, 3.05) is 31.0 Å². The number of aromatic nitrogens is 1. The summed E-state index contributed by atoms with van der Waals surface area (Å²) in [5.74, 6) is -1.30. The van der Waals surface area contributed by atoms with E-state index in [-0.39, 0.29) is 28.1 Å². The molecule has 2 saturated carbocycles. The van der Waals surface area contributed by atoms with E-state index in [1.807, 2.05) is 19.9 Å². The number of pyridine rings is 1. The van der Waals surface area contributed by atoms with Crippen molar-refractivity contribution in [3.8, 4) is 23.0 Å². The summed E-state index contributed by atoms with van der Waals surface area (Å²) in [5, 5.41) is 5.77. The van der Waals surface area contributed by atoms with Crippen LogP contribution in [0.2, 0.25) is 0 Å². The first kappa shape index (κ1) is 47.3. The molecule has 0 atom stereocenters. The Morgan fingerprint density at radius 1 is 0.951 bits per heavy atom. The number of nitrogens with two attached hydrogens (primary N) is 2. The number of carbonyl (C=O) groups excluding carboxylic acids is 2. The number of allylic oxidation sites excluding steroid dienone is 2. The van der Waals surface area contributed by atoms with Gasteiger partial charge in [0, 0.05) is 53.1 Å². The van der Waals surface area contributed by atoms with Crippen molar-refractivity contribution < 1.29 is 41.7 Å². The number of nitrogens with one attached hydrogen (secondary N) is 2. The molecule has 2 amide bonds. The van der Waals surface area contributed by atoms with Crippen LogP contribution in [0.25, 0.3) is 10.9 Å². The molecule has 1 aromatic heterocycles. The average Bonchev–Trinajstić information content (AvgIpc) is 4.15. The minimum Gasteiger partial charge on any atom is -0.494 e. The van der Waals surface area contributed by atoms with Crippen LogP contribution in [0.4, 0.5) is 24.5 Å². The van der Waals surface area contributed by atoms with Gasteiger partial charge in [-0.1, -0.05) is 33.4 Å². The van der Waals surface area contributed by atoms with E-state index in [9.17, 15) is 18.4 Å². The molecule has 0 bridgehead atoms. The van der Waals surface area contributed by atoms with E-state index in [4.69, 9.17) is 24.7 Å². The fourth-order valence-corrected chi connectivity index (χ4v) is 5.45. The van der Waals surface area contributed by atoms with Gasteiger partial charge in [0.05, 0.1) is 24.8 Å². The number of anilines is 2. The van der Waals surface area contributed by atoms with Crippen molar-refractivity contribution in [1.82, 2.24) is 4.98 Å². The maximum absolute atomic E-state index is 15.1. The molecule has 4 aromatic rings.